The average Bonchev–Trinajstić information content (AvgIpc) is 3.04. The van der Waals surface area contributed by atoms with E-state index in [1.54, 1.807) is 0 Å². The molecule has 0 bridgehead atoms. The molecule has 0 amide bonds. The van der Waals surface area contributed by atoms with E-state index in [-0.39, 0.29) is 11.5 Å². The maximum atomic E-state index is 11.7. The lowest BCUT2D eigenvalue weighted by Crippen LogP contribution is -2.51. The fraction of sp³-hybridized carbons (Fsp3) is 0.929. The molecule has 4 rings (SSSR count). The van der Waals surface area contributed by atoms with Crippen LogP contribution in [0, 0.1) is 46.3 Å². The summed E-state index contributed by atoms with van der Waals surface area (Å²) in [5, 5.41) is 0. The highest BCUT2D eigenvalue weighted by Crippen LogP contribution is 2.67. The summed E-state index contributed by atoms with van der Waals surface area (Å²) in [6.07, 6.45) is 17.3. The molecule has 0 aromatic rings. The van der Waals surface area contributed by atoms with Crippen LogP contribution < -0.4 is 0 Å². The molecule has 3 nitrogen and oxygen atoms in total. The van der Waals surface area contributed by atoms with Gasteiger partial charge in [-0.3, -0.25) is 4.18 Å². The Labute approximate surface area is 198 Å². The summed E-state index contributed by atoms with van der Waals surface area (Å²) in [4.78, 5) is 0. The van der Waals surface area contributed by atoms with Gasteiger partial charge in [-0.1, -0.05) is 65.5 Å². The molecular weight excluding hydrogens is 416 g/mol. The third-order valence-corrected chi connectivity index (χ3v) is 11.2. The Hall–Kier alpha value is -0.350. The van der Waals surface area contributed by atoms with Gasteiger partial charge < -0.3 is 0 Å². The van der Waals surface area contributed by atoms with E-state index in [9.17, 15) is 8.42 Å². The summed E-state index contributed by atoms with van der Waals surface area (Å²) in [7, 11) is -3.38. The first-order chi connectivity index (χ1) is 14.9. The Morgan fingerprint density at radius 1 is 1.03 bits per heavy atom. The first-order valence-electron chi connectivity index (χ1n) is 13.5. The van der Waals surface area contributed by atoms with Crippen molar-refractivity contribution in [1.29, 1.82) is 0 Å². The van der Waals surface area contributed by atoms with Gasteiger partial charge in [-0.15, -0.1) is 0 Å². The van der Waals surface area contributed by atoms with Crippen LogP contribution >= 0.6 is 0 Å². The normalized spacial score (nSPS) is 42.7. The lowest BCUT2D eigenvalue weighted by atomic mass is 9.47. The van der Waals surface area contributed by atoms with Gasteiger partial charge in [0.25, 0.3) is 10.1 Å². The molecule has 3 fully saturated rings. The van der Waals surface area contributed by atoms with Gasteiger partial charge in [-0.2, -0.15) is 8.42 Å². The molecule has 0 radical (unpaired) electrons. The van der Waals surface area contributed by atoms with Crippen molar-refractivity contribution in [2.24, 2.45) is 46.3 Å². The molecule has 184 valence electrons. The zero-order valence-corrected chi connectivity index (χ0v) is 22.3. The van der Waals surface area contributed by atoms with Crippen LogP contribution in [0.15, 0.2) is 11.6 Å². The molecule has 0 aromatic carbocycles. The van der Waals surface area contributed by atoms with Crippen LogP contribution in [0.2, 0.25) is 0 Å². The van der Waals surface area contributed by atoms with Gasteiger partial charge in [0.15, 0.2) is 0 Å². The molecule has 4 aliphatic carbocycles. The summed E-state index contributed by atoms with van der Waals surface area (Å²) >= 11 is 0. The summed E-state index contributed by atoms with van der Waals surface area (Å²) in [5.74, 6) is 5.05. The van der Waals surface area contributed by atoms with Crippen molar-refractivity contribution < 1.29 is 12.6 Å². The van der Waals surface area contributed by atoms with Crippen LogP contribution in [-0.2, 0) is 14.3 Å². The maximum Gasteiger partial charge on any atom is 0.264 e. The van der Waals surface area contributed by atoms with Crippen molar-refractivity contribution in [1.82, 2.24) is 0 Å². The van der Waals surface area contributed by atoms with Crippen LogP contribution in [0.1, 0.15) is 105 Å². The number of hydrogen-bond acceptors (Lipinski definition) is 3. The Balaban J connectivity index is 1.47. The van der Waals surface area contributed by atoms with Gasteiger partial charge in [-0.25, -0.2) is 0 Å². The molecule has 0 N–H and O–H groups in total. The minimum absolute atomic E-state index is 0.155. The van der Waals surface area contributed by atoms with Gasteiger partial charge in [0.1, 0.15) is 0 Å². The van der Waals surface area contributed by atoms with E-state index < -0.39 is 10.1 Å². The van der Waals surface area contributed by atoms with Crippen LogP contribution in [0.3, 0.4) is 0 Å². The lowest BCUT2D eigenvalue weighted by molar-refractivity contribution is -0.0556. The third-order valence-electron chi connectivity index (χ3n) is 10.6. The summed E-state index contributed by atoms with van der Waals surface area (Å²) in [6.45, 7) is 12.4. The zero-order chi connectivity index (χ0) is 23.3. The topological polar surface area (TPSA) is 43.4 Å². The first kappa shape index (κ1) is 24.8. The van der Waals surface area contributed by atoms with Gasteiger partial charge in [-0.05, 0) is 97.7 Å². The molecule has 0 aromatic heterocycles. The number of fused-ring (bicyclic) bond motifs is 5. The smallest absolute Gasteiger partial charge is 0.264 e. The summed E-state index contributed by atoms with van der Waals surface area (Å²) in [5.41, 5.74) is 2.28. The highest BCUT2D eigenvalue weighted by molar-refractivity contribution is 7.86. The second-order valence-electron chi connectivity index (χ2n) is 13.0. The predicted molar refractivity (Wildman–Crippen MR) is 133 cm³/mol. The Morgan fingerprint density at radius 2 is 1.78 bits per heavy atom. The standard InChI is InChI=1S/C28H48O3S/c1-19(2)8-7-9-20(3)24-12-13-25-23-11-10-21-18-22(31-32(6,29)30)14-16-27(21,4)26(23)15-17-28(24,25)5/h10,19-20,22-26H,7-9,11-18H2,1-6H3/t20-,22-,23-,24?,25+,26+,27?,28?/m1/s1. The van der Waals surface area contributed by atoms with Gasteiger partial charge >= 0.3 is 0 Å². The van der Waals surface area contributed by atoms with E-state index in [4.69, 9.17) is 4.18 Å². The van der Waals surface area contributed by atoms with Gasteiger partial charge in [0, 0.05) is 0 Å². The van der Waals surface area contributed by atoms with E-state index in [1.165, 1.54) is 63.2 Å². The van der Waals surface area contributed by atoms with E-state index in [0.717, 1.165) is 54.8 Å². The van der Waals surface area contributed by atoms with Gasteiger partial charge in [0.05, 0.1) is 12.4 Å². The Bertz CT molecular complexity index is 815. The molecule has 3 saturated carbocycles. The molecular formula is C28H48O3S. The largest absolute Gasteiger partial charge is 0.267 e. The molecule has 0 spiro atoms. The number of hydrogen-bond donors (Lipinski definition) is 0. The SMILES string of the molecule is CC(C)CCC[C@@H](C)C1CC[C@H]2[C@H]3CC=C4C[C@H](OS(C)(=O)=O)CCC4(C)[C@H]3CCC12C. The highest BCUT2D eigenvalue weighted by atomic mass is 32.2. The maximum absolute atomic E-state index is 11.7. The highest BCUT2D eigenvalue weighted by Gasteiger charge is 2.59. The molecule has 0 aliphatic heterocycles. The average molecular weight is 465 g/mol. The molecule has 32 heavy (non-hydrogen) atoms. The molecule has 4 aliphatic rings. The molecule has 3 unspecified atom stereocenters. The van der Waals surface area contributed by atoms with Crippen LogP contribution in [0.4, 0.5) is 0 Å². The minimum Gasteiger partial charge on any atom is -0.267 e. The second kappa shape index (κ2) is 9.02. The van der Waals surface area contributed by atoms with Crippen molar-refractivity contribution in [2.75, 3.05) is 6.26 Å². The monoisotopic (exact) mass is 464 g/mol. The van der Waals surface area contributed by atoms with E-state index >= 15 is 0 Å². The van der Waals surface area contributed by atoms with Crippen molar-refractivity contribution in [3.63, 3.8) is 0 Å². The quantitative estimate of drug-likeness (QED) is 0.292. The van der Waals surface area contributed by atoms with Gasteiger partial charge in [0.2, 0.25) is 0 Å². The van der Waals surface area contributed by atoms with Crippen LogP contribution in [0.5, 0.6) is 0 Å². The summed E-state index contributed by atoms with van der Waals surface area (Å²) < 4.78 is 28.8. The van der Waals surface area contributed by atoms with Crippen molar-refractivity contribution in [2.45, 2.75) is 111 Å². The minimum atomic E-state index is -3.38. The Morgan fingerprint density at radius 3 is 2.47 bits per heavy atom. The van der Waals surface area contributed by atoms with Crippen molar-refractivity contribution >= 4 is 10.1 Å². The second-order valence-corrected chi connectivity index (χ2v) is 14.6. The van der Waals surface area contributed by atoms with E-state index in [0.29, 0.717) is 5.41 Å². The molecule has 4 heteroatoms. The zero-order valence-electron chi connectivity index (χ0n) is 21.5. The Kier molecular flexibility index (Phi) is 6.98. The van der Waals surface area contributed by atoms with Crippen molar-refractivity contribution in [3.8, 4) is 0 Å². The molecule has 8 atom stereocenters. The molecule has 0 saturated heterocycles. The van der Waals surface area contributed by atoms with E-state index in [2.05, 4.69) is 40.7 Å². The van der Waals surface area contributed by atoms with Crippen molar-refractivity contribution in [3.05, 3.63) is 11.6 Å². The third kappa shape index (κ3) is 4.61. The fourth-order valence-corrected chi connectivity index (χ4v) is 9.64. The lowest BCUT2D eigenvalue weighted by Gasteiger charge is -2.58. The van der Waals surface area contributed by atoms with Crippen LogP contribution in [0.25, 0.3) is 0 Å². The predicted octanol–water partition coefficient (Wildman–Crippen LogP) is 7.37. The van der Waals surface area contributed by atoms with E-state index in [1.807, 2.05) is 0 Å². The number of rotatable bonds is 7. The first-order valence-corrected chi connectivity index (χ1v) is 15.3. The van der Waals surface area contributed by atoms with Crippen LogP contribution in [-0.4, -0.2) is 20.8 Å². The fourth-order valence-electron chi connectivity index (χ4n) is 8.98. The number of allylic oxidation sites excluding steroid dienone is 1. The molecule has 0 heterocycles. The summed E-state index contributed by atoms with van der Waals surface area (Å²) in [6, 6.07) is 0.